The number of fused-ring (bicyclic) bond motifs is 7. The summed E-state index contributed by atoms with van der Waals surface area (Å²) in [6, 6.07) is 38.0. The normalized spacial score (nSPS) is 18.7. The zero-order valence-corrected chi connectivity index (χ0v) is 24.8. The minimum atomic E-state index is -0.190. The van der Waals surface area contributed by atoms with E-state index in [-0.39, 0.29) is 11.6 Å². The highest BCUT2D eigenvalue weighted by Crippen LogP contribution is 2.54. The number of benzene rings is 5. The molecule has 0 saturated carbocycles. The molecule has 0 fully saturated rings. The van der Waals surface area contributed by atoms with E-state index >= 15 is 0 Å². The van der Waals surface area contributed by atoms with E-state index in [0.717, 1.165) is 29.9 Å². The van der Waals surface area contributed by atoms with Crippen molar-refractivity contribution in [1.29, 1.82) is 0 Å². The second-order valence-corrected chi connectivity index (χ2v) is 12.8. The topological polar surface area (TPSA) is 20.5 Å². The molecule has 6 aromatic rings. The van der Waals surface area contributed by atoms with Crippen molar-refractivity contribution in [2.75, 3.05) is 7.05 Å². The lowest BCUT2D eigenvalue weighted by Crippen LogP contribution is -2.42. The molecule has 1 aliphatic heterocycles. The van der Waals surface area contributed by atoms with Crippen molar-refractivity contribution in [3.63, 3.8) is 0 Å². The molecule has 0 N–H and O–H groups in total. The quantitative estimate of drug-likeness (QED) is 0.213. The number of rotatable bonds is 2. The van der Waals surface area contributed by atoms with Crippen LogP contribution in [-0.4, -0.2) is 22.4 Å². The van der Waals surface area contributed by atoms with Crippen LogP contribution in [0.4, 0.5) is 0 Å². The highest BCUT2D eigenvalue weighted by Gasteiger charge is 2.47. The third-order valence-corrected chi connectivity index (χ3v) is 10.0. The molecule has 9 rings (SSSR count). The van der Waals surface area contributed by atoms with Gasteiger partial charge in [0.1, 0.15) is 12.0 Å². The van der Waals surface area contributed by atoms with E-state index in [0.29, 0.717) is 0 Å². The van der Waals surface area contributed by atoms with Gasteiger partial charge in [-0.3, -0.25) is 0 Å². The molecule has 3 aliphatic rings. The van der Waals surface area contributed by atoms with E-state index in [1.807, 2.05) is 0 Å². The standard InChI is InChI=1S/C40H33N3/c1-40(2)33-20-12-11-19-30(33)37-36(40)39(42(3)38(41-37)25-13-5-4-6-14-25)43-34-23-28-17-9-7-15-26(28)21-31(34)32-22-27-16-8-10-18-29(27)24-35(32)43/h4-7,9,11-24,39H,8,10H2,1-3H3. The van der Waals surface area contributed by atoms with Crippen molar-refractivity contribution in [2.45, 2.75) is 38.3 Å². The average molecular weight is 556 g/mol. The van der Waals surface area contributed by atoms with Gasteiger partial charge in [-0.2, -0.15) is 0 Å². The van der Waals surface area contributed by atoms with Crippen LogP contribution in [-0.2, 0) is 5.41 Å². The second-order valence-electron chi connectivity index (χ2n) is 12.8. The van der Waals surface area contributed by atoms with Gasteiger partial charge in [0.25, 0.3) is 0 Å². The maximum Gasteiger partial charge on any atom is 0.138 e. The first kappa shape index (κ1) is 24.7. The largest absolute Gasteiger partial charge is 0.335 e. The molecule has 2 aliphatic carbocycles. The first-order valence-corrected chi connectivity index (χ1v) is 15.4. The lowest BCUT2D eigenvalue weighted by atomic mass is 9.79. The third-order valence-electron chi connectivity index (χ3n) is 10.0. The van der Waals surface area contributed by atoms with Crippen LogP contribution in [0.15, 0.2) is 114 Å². The Kier molecular flexibility index (Phi) is 5.06. The molecule has 0 saturated heterocycles. The number of likely N-dealkylation sites (N-methyl/N-ethyl adjacent to an activating group) is 1. The Bertz CT molecular complexity index is 2330. The summed E-state index contributed by atoms with van der Waals surface area (Å²) in [6.45, 7) is 4.76. The van der Waals surface area contributed by atoms with E-state index in [9.17, 15) is 0 Å². The van der Waals surface area contributed by atoms with Gasteiger partial charge < -0.3 is 9.47 Å². The van der Waals surface area contributed by atoms with Crippen LogP contribution in [0.2, 0.25) is 0 Å². The monoisotopic (exact) mass is 555 g/mol. The summed E-state index contributed by atoms with van der Waals surface area (Å²) in [7, 11) is 2.23. The van der Waals surface area contributed by atoms with Gasteiger partial charge in [0, 0.05) is 39.9 Å². The SMILES string of the molecule is CN1C(c2ccccc2)=NC2=C(C1n1c3cc4c(cc3c3cc5ccccc5cc31)=CCCC=4)C(C)(C)c1ccccc12. The zero-order chi connectivity index (χ0) is 28.9. The van der Waals surface area contributed by atoms with Gasteiger partial charge >= 0.3 is 0 Å². The minimum absolute atomic E-state index is 0.0584. The summed E-state index contributed by atoms with van der Waals surface area (Å²) in [5.74, 6) is 1.01. The number of amidine groups is 1. The van der Waals surface area contributed by atoms with E-state index in [4.69, 9.17) is 4.99 Å². The van der Waals surface area contributed by atoms with Crippen molar-refractivity contribution in [1.82, 2.24) is 9.47 Å². The fourth-order valence-electron chi connectivity index (χ4n) is 7.94. The van der Waals surface area contributed by atoms with Crippen LogP contribution in [0.3, 0.4) is 0 Å². The Hall–Kier alpha value is -4.89. The van der Waals surface area contributed by atoms with Gasteiger partial charge in [-0.25, -0.2) is 4.99 Å². The summed E-state index contributed by atoms with van der Waals surface area (Å²) in [4.78, 5) is 7.89. The molecule has 3 heteroatoms. The number of hydrogen-bond acceptors (Lipinski definition) is 2. The Morgan fingerprint density at radius 1 is 0.698 bits per heavy atom. The lowest BCUT2D eigenvalue weighted by molar-refractivity contribution is 0.304. The van der Waals surface area contributed by atoms with Gasteiger partial charge in [0.15, 0.2) is 0 Å². The van der Waals surface area contributed by atoms with Gasteiger partial charge in [-0.1, -0.05) is 105 Å². The summed E-state index contributed by atoms with van der Waals surface area (Å²) in [6.07, 6.45) is 6.95. The fraction of sp³-hybridized carbons (Fsp3) is 0.175. The Morgan fingerprint density at radius 2 is 1.33 bits per heavy atom. The smallest absolute Gasteiger partial charge is 0.138 e. The van der Waals surface area contributed by atoms with Gasteiger partial charge in [0.05, 0.1) is 16.7 Å². The van der Waals surface area contributed by atoms with Crippen LogP contribution < -0.4 is 10.4 Å². The van der Waals surface area contributed by atoms with Crippen LogP contribution in [0.5, 0.6) is 0 Å². The highest BCUT2D eigenvalue weighted by molar-refractivity contribution is 6.13. The molecule has 0 radical (unpaired) electrons. The molecule has 3 nitrogen and oxygen atoms in total. The molecule has 2 heterocycles. The molecular weight excluding hydrogens is 522 g/mol. The molecule has 0 bridgehead atoms. The highest BCUT2D eigenvalue weighted by atomic mass is 15.3. The predicted molar refractivity (Wildman–Crippen MR) is 181 cm³/mol. The van der Waals surface area contributed by atoms with Gasteiger partial charge in [0.2, 0.25) is 0 Å². The second kappa shape index (κ2) is 8.81. The maximum atomic E-state index is 5.47. The molecule has 43 heavy (non-hydrogen) atoms. The van der Waals surface area contributed by atoms with E-state index in [1.54, 1.807) is 0 Å². The molecule has 5 aromatic carbocycles. The average Bonchev–Trinajstić information content (AvgIpc) is 3.46. The Labute approximate surface area is 251 Å². The number of aliphatic imine (C=N–C) groups is 1. The van der Waals surface area contributed by atoms with Crippen molar-refractivity contribution in [3.05, 3.63) is 136 Å². The van der Waals surface area contributed by atoms with Crippen LogP contribution in [0.25, 0.3) is 50.4 Å². The molecule has 1 atom stereocenters. The lowest BCUT2D eigenvalue weighted by Gasteiger charge is -2.41. The van der Waals surface area contributed by atoms with Crippen LogP contribution in [0, 0.1) is 0 Å². The number of nitrogens with zero attached hydrogens (tertiary/aromatic N) is 3. The zero-order valence-electron chi connectivity index (χ0n) is 24.8. The van der Waals surface area contributed by atoms with Crippen LogP contribution >= 0.6 is 0 Å². The Morgan fingerprint density at radius 3 is 2.12 bits per heavy atom. The number of aromatic nitrogens is 1. The van der Waals surface area contributed by atoms with Crippen molar-refractivity contribution >= 4 is 56.3 Å². The van der Waals surface area contributed by atoms with Gasteiger partial charge in [-0.05, 0) is 63.9 Å². The Balaban J connectivity index is 1.44. The molecule has 0 amide bonds. The fourth-order valence-corrected chi connectivity index (χ4v) is 7.94. The maximum absolute atomic E-state index is 5.47. The van der Waals surface area contributed by atoms with E-state index < -0.39 is 0 Å². The third kappa shape index (κ3) is 3.39. The minimum Gasteiger partial charge on any atom is -0.335 e. The summed E-state index contributed by atoms with van der Waals surface area (Å²) in [5, 5.41) is 7.86. The first-order valence-electron chi connectivity index (χ1n) is 15.4. The van der Waals surface area contributed by atoms with Crippen LogP contribution in [0.1, 0.15) is 49.5 Å². The summed E-state index contributed by atoms with van der Waals surface area (Å²) >= 11 is 0. The van der Waals surface area contributed by atoms with Gasteiger partial charge in [-0.15, -0.1) is 0 Å². The first-order chi connectivity index (χ1) is 21.0. The van der Waals surface area contributed by atoms with Crippen molar-refractivity contribution in [2.24, 2.45) is 4.99 Å². The molecule has 1 unspecified atom stereocenters. The number of hydrogen-bond donors (Lipinski definition) is 0. The molecule has 208 valence electrons. The predicted octanol–water partition coefficient (Wildman–Crippen LogP) is 7.90. The van der Waals surface area contributed by atoms with Crippen molar-refractivity contribution in [3.8, 4) is 0 Å². The molecule has 1 aromatic heterocycles. The summed E-state index contributed by atoms with van der Waals surface area (Å²) < 4.78 is 2.63. The van der Waals surface area contributed by atoms with E-state index in [2.05, 4.69) is 146 Å². The molecule has 0 spiro atoms. The van der Waals surface area contributed by atoms with E-state index in [1.165, 1.54) is 59.7 Å². The molecular formula is C40H33N3. The van der Waals surface area contributed by atoms with Crippen molar-refractivity contribution < 1.29 is 0 Å². The summed E-state index contributed by atoms with van der Waals surface area (Å²) in [5.41, 5.74) is 8.57.